The van der Waals surface area contributed by atoms with Crippen molar-refractivity contribution >= 4 is 27.7 Å². The van der Waals surface area contributed by atoms with Crippen LogP contribution in [0.4, 0.5) is 4.79 Å². The van der Waals surface area contributed by atoms with E-state index in [1.54, 1.807) is 29.2 Å². The average Bonchev–Trinajstić information content (AvgIpc) is 2.83. The van der Waals surface area contributed by atoms with E-state index >= 15 is 0 Å². The first-order valence-electron chi connectivity index (χ1n) is 10.5. The van der Waals surface area contributed by atoms with Gasteiger partial charge in [0.05, 0.1) is 25.7 Å². The second-order valence-electron chi connectivity index (χ2n) is 7.27. The molecular weight excluding hydrogens is 470 g/mol. The van der Waals surface area contributed by atoms with E-state index in [9.17, 15) is 13.2 Å². The van der Waals surface area contributed by atoms with Crippen molar-refractivity contribution in [1.82, 2.24) is 14.5 Å². The molecule has 1 saturated heterocycles. The molecule has 11 heteroatoms. The Morgan fingerprint density at radius 3 is 2.24 bits per heavy atom. The molecule has 33 heavy (non-hydrogen) atoms. The van der Waals surface area contributed by atoms with Crippen molar-refractivity contribution in [1.29, 1.82) is 0 Å². The van der Waals surface area contributed by atoms with E-state index in [0.717, 1.165) is 5.56 Å². The maximum Gasteiger partial charge on any atom is 0.317 e. The van der Waals surface area contributed by atoms with Crippen LogP contribution in [0.1, 0.15) is 12.5 Å². The summed E-state index contributed by atoms with van der Waals surface area (Å²) < 4.78 is 43.4. The van der Waals surface area contributed by atoms with Crippen LogP contribution < -0.4 is 19.5 Å². The van der Waals surface area contributed by atoms with Gasteiger partial charge in [0.15, 0.2) is 11.5 Å². The number of rotatable bonds is 8. The van der Waals surface area contributed by atoms with Crippen LogP contribution >= 0.6 is 11.6 Å². The van der Waals surface area contributed by atoms with E-state index in [2.05, 4.69) is 5.32 Å². The first-order valence-corrected chi connectivity index (χ1v) is 12.3. The summed E-state index contributed by atoms with van der Waals surface area (Å²) in [6.45, 7) is 3.54. The standard InChI is InChI=1S/C22H28ClN3O6S/c1-4-32-21-19(30-2)12-16(13-20(21)31-3)15-24-22(27)25-8-10-26(11-9-25)33(28,29)18-7-5-6-17(23)14-18/h5-7,12-14H,4,8-11,15H2,1-3H3,(H,24,27). The van der Waals surface area contributed by atoms with Gasteiger partial charge in [-0.3, -0.25) is 0 Å². The normalized spacial score (nSPS) is 14.6. The Morgan fingerprint density at radius 2 is 1.70 bits per heavy atom. The van der Waals surface area contributed by atoms with Crippen molar-refractivity contribution < 1.29 is 27.4 Å². The number of methoxy groups -OCH3 is 2. The van der Waals surface area contributed by atoms with Gasteiger partial charge in [0.1, 0.15) is 0 Å². The second kappa shape index (κ2) is 11.0. The van der Waals surface area contributed by atoms with Crippen LogP contribution in [0.25, 0.3) is 0 Å². The zero-order valence-corrected chi connectivity index (χ0v) is 20.4. The number of carbonyl (C=O) groups excluding carboxylic acids is 1. The Bertz CT molecular complexity index is 1060. The molecule has 3 rings (SSSR count). The minimum atomic E-state index is -3.66. The van der Waals surface area contributed by atoms with E-state index in [4.69, 9.17) is 25.8 Å². The summed E-state index contributed by atoms with van der Waals surface area (Å²) in [6, 6.07) is 9.45. The number of sulfonamides is 1. The summed E-state index contributed by atoms with van der Waals surface area (Å²) in [4.78, 5) is 14.4. The highest BCUT2D eigenvalue weighted by atomic mass is 35.5. The number of carbonyl (C=O) groups is 1. The number of nitrogens with one attached hydrogen (secondary N) is 1. The molecule has 1 aliphatic heterocycles. The lowest BCUT2D eigenvalue weighted by molar-refractivity contribution is 0.172. The van der Waals surface area contributed by atoms with E-state index in [-0.39, 0.29) is 43.7 Å². The maximum absolute atomic E-state index is 12.8. The summed E-state index contributed by atoms with van der Waals surface area (Å²) >= 11 is 5.94. The third kappa shape index (κ3) is 5.82. The zero-order valence-electron chi connectivity index (χ0n) is 18.8. The van der Waals surface area contributed by atoms with Crippen molar-refractivity contribution in [2.75, 3.05) is 47.0 Å². The Kier molecular flexibility index (Phi) is 8.28. The molecule has 1 N–H and O–H groups in total. The van der Waals surface area contributed by atoms with Gasteiger partial charge in [-0.15, -0.1) is 0 Å². The van der Waals surface area contributed by atoms with Gasteiger partial charge in [-0.2, -0.15) is 4.31 Å². The minimum absolute atomic E-state index is 0.145. The van der Waals surface area contributed by atoms with Crippen LogP contribution in [-0.2, 0) is 16.6 Å². The third-order valence-corrected chi connectivity index (χ3v) is 7.34. The molecule has 0 bridgehead atoms. The van der Waals surface area contributed by atoms with Gasteiger partial charge in [-0.1, -0.05) is 17.7 Å². The van der Waals surface area contributed by atoms with Crippen LogP contribution in [0, 0.1) is 0 Å². The molecule has 1 fully saturated rings. The number of hydrogen-bond donors (Lipinski definition) is 1. The van der Waals surface area contributed by atoms with Gasteiger partial charge in [0, 0.05) is 37.7 Å². The number of ether oxygens (including phenoxy) is 3. The zero-order chi connectivity index (χ0) is 24.0. The van der Waals surface area contributed by atoms with Gasteiger partial charge in [-0.25, -0.2) is 13.2 Å². The molecule has 0 radical (unpaired) electrons. The molecule has 1 heterocycles. The largest absolute Gasteiger partial charge is 0.493 e. The number of nitrogens with zero attached hydrogens (tertiary/aromatic N) is 2. The second-order valence-corrected chi connectivity index (χ2v) is 9.64. The monoisotopic (exact) mass is 497 g/mol. The minimum Gasteiger partial charge on any atom is -0.493 e. The third-order valence-electron chi connectivity index (χ3n) is 5.21. The number of piperazine rings is 1. The van der Waals surface area contributed by atoms with E-state index in [1.165, 1.54) is 30.7 Å². The molecule has 180 valence electrons. The molecule has 9 nitrogen and oxygen atoms in total. The predicted octanol–water partition coefficient (Wildman–Crippen LogP) is 2.97. The Morgan fingerprint density at radius 1 is 1.06 bits per heavy atom. The fraction of sp³-hybridized carbons (Fsp3) is 0.409. The molecule has 0 atom stereocenters. The molecule has 0 aliphatic carbocycles. The van der Waals surface area contributed by atoms with Gasteiger partial charge >= 0.3 is 6.03 Å². The number of urea groups is 1. The van der Waals surface area contributed by atoms with Crippen LogP contribution in [0.3, 0.4) is 0 Å². The van der Waals surface area contributed by atoms with Crippen LogP contribution in [0.5, 0.6) is 17.2 Å². The number of amides is 2. The van der Waals surface area contributed by atoms with Crippen LogP contribution in [-0.4, -0.2) is 70.7 Å². The maximum atomic E-state index is 12.8. The van der Waals surface area contributed by atoms with Crippen LogP contribution in [0.2, 0.25) is 5.02 Å². The molecular formula is C22H28ClN3O6S. The fourth-order valence-electron chi connectivity index (χ4n) is 3.52. The molecule has 1 aliphatic rings. The predicted molar refractivity (Wildman–Crippen MR) is 125 cm³/mol. The molecule has 0 aromatic heterocycles. The van der Waals surface area contributed by atoms with Crippen molar-refractivity contribution in [3.63, 3.8) is 0 Å². The van der Waals surface area contributed by atoms with E-state index < -0.39 is 10.0 Å². The van der Waals surface area contributed by atoms with Gasteiger partial charge in [0.2, 0.25) is 15.8 Å². The molecule has 0 spiro atoms. The number of halogens is 1. The van der Waals surface area contributed by atoms with Crippen molar-refractivity contribution in [2.45, 2.75) is 18.4 Å². The summed E-state index contributed by atoms with van der Waals surface area (Å²) in [6.07, 6.45) is 0. The van der Waals surface area contributed by atoms with Crippen molar-refractivity contribution in [2.24, 2.45) is 0 Å². The molecule has 0 saturated carbocycles. The Balaban J connectivity index is 1.60. The Hall–Kier alpha value is -2.69. The van der Waals surface area contributed by atoms with E-state index in [1.807, 2.05) is 6.92 Å². The van der Waals surface area contributed by atoms with Gasteiger partial charge in [0.25, 0.3) is 0 Å². The topological polar surface area (TPSA) is 97.4 Å². The Labute approximate surface area is 199 Å². The summed E-state index contributed by atoms with van der Waals surface area (Å²) in [7, 11) is -0.586. The van der Waals surface area contributed by atoms with Crippen LogP contribution in [0.15, 0.2) is 41.3 Å². The quantitative estimate of drug-likeness (QED) is 0.602. The first-order chi connectivity index (χ1) is 15.8. The lowest BCUT2D eigenvalue weighted by Gasteiger charge is -2.34. The molecule has 2 aromatic rings. The lowest BCUT2D eigenvalue weighted by Crippen LogP contribution is -2.52. The van der Waals surface area contributed by atoms with Gasteiger partial charge < -0.3 is 24.4 Å². The molecule has 2 amide bonds. The number of benzene rings is 2. The summed E-state index contributed by atoms with van der Waals surface area (Å²) in [5, 5.41) is 3.22. The summed E-state index contributed by atoms with van der Waals surface area (Å²) in [5.74, 6) is 1.54. The average molecular weight is 498 g/mol. The van der Waals surface area contributed by atoms with Crippen molar-refractivity contribution in [3.8, 4) is 17.2 Å². The summed E-state index contributed by atoms with van der Waals surface area (Å²) in [5.41, 5.74) is 0.780. The van der Waals surface area contributed by atoms with Gasteiger partial charge in [-0.05, 0) is 42.8 Å². The SMILES string of the molecule is CCOc1c(OC)cc(CNC(=O)N2CCN(S(=O)(=O)c3cccc(Cl)c3)CC2)cc1OC. The highest BCUT2D eigenvalue weighted by Crippen LogP contribution is 2.38. The molecule has 0 unspecified atom stereocenters. The highest BCUT2D eigenvalue weighted by molar-refractivity contribution is 7.89. The highest BCUT2D eigenvalue weighted by Gasteiger charge is 2.30. The molecule has 2 aromatic carbocycles. The van der Waals surface area contributed by atoms with Crippen molar-refractivity contribution in [3.05, 3.63) is 47.0 Å². The lowest BCUT2D eigenvalue weighted by atomic mass is 10.1. The first kappa shape index (κ1) is 24.9. The van der Waals surface area contributed by atoms with E-state index in [0.29, 0.717) is 28.9 Å². The fourth-order valence-corrected chi connectivity index (χ4v) is 5.24. The number of hydrogen-bond acceptors (Lipinski definition) is 6. The smallest absolute Gasteiger partial charge is 0.317 e.